The Kier molecular flexibility index (Phi) is 6.21. The Morgan fingerprint density at radius 3 is 2.44 bits per heavy atom. The fraction of sp³-hybridized carbons (Fsp3) is 0.815. The maximum absolute atomic E-state index is 13.3. The molecule has 0 N–H and O–H groups in total. The van der Waals surface area contributed by atoms with Crippen LogP contribution in [0, 0.1) is 52.8 Å². The molecule has 4 nitrogen and oxygen atoms in total. The van der Waals surface area contributed by atoms with Crippen molar-refractivity contribution < 1.29 is 22.7 Å². The van der Waals surface area contributed by atoms with E-state index >= 15 is 0 Å². The summed E-state index contributed by atoms with van der Waals surface area (Å²) in [6.45, 7) is 6.94. The van der Waals surface area contributed by atoms with E-state index in [2.05, 4.69) is 30.7 Å². The van der Waals surface area contributed by atoms with Gasteiger partial charge in [0.2, 0.25) is 5.82 Å². The lowest BCUT2D eigenvalue weighted by molar-refractivity contribution is -0.145. The van der Waals surface area contributed by atoms with Gasteiger partial charge in [-0.25, -0.2) is 9.97 Å². The number of Topliss-reactive ketones (excluding diaryl/α,β-unsaturated/α-hetero) is 1. The molecule has 9 atom stereocenters. The molecule has 0 bridgehead atoms. The number of aromatic nitrogens is 2. The average Bonchev–Trinajstić information content (AvgIpc) is 3.07. The Morgan fingerprint density at radius 1 is 1.03 bits per heavy atom. The number of nitrogens with zero attached hydrogens (tertiary/aromatic N) is 2. The second-order valence-corrected chi connectivity index (χ2v) is 12.1. The summed E-state index contributed by atoms with van der Waals surface area (Å²) >= 11 is 0. The summed E-state index contributed by atoms with van der Waals surface area (Å²) in [5.74, 6) is 4.21. The number of carbonyl (C=O) groups excluding carboxylic acids is 1. The standard InChI is InChI=1S/C27H37F3N2O2/c1-15-4-6-19-17(10-15)5-7-21-20(19)8-9-26(3)22(11-16(2)24(21)26)23(33)14-34-18-12-31-25(32-13-18)27(28,29)30/h12-13,15-17,19-22,24H,4-11,14H2,1-3H3. The zero-order chi connectivity index (χ0) is 24.3. The molecule has 0 aliphatic heterocycles. The van der Waals surface area contributed by atoms with Crippen LogP contribution in [0.5, 0.6) is 5.75 Å². The topological polar surface area (TPSA) is 52.1 Å². The van der Waals surface area contributed by atoms with Crippen LogP contribution in [-0.4, -0.2) is 22.4 Å². The minimum atomic E-state index is -4.59. The maximum atomic E-state index is 13.3. The number of alkyl halides is 3. The number of fused-ring (bicyclic) bond motifs is 5. The van der Waals surface area contributed by atoms with Crippen molar-refractivity contribution in [2.75, 3.05) is 6.61 Å². The van der Waals surface area contributed by atoms with Crippen molar-refractivity contribution in [3.05, 3.63) is 18.2 Å². The van der Waals surface area contributed by atoms with Crippen LogP contribution in [0.4, 0.5) is 13.2 Å². The molecular weight excluding hydrogens is 441 g/mol. The number of carbonyl (C=O) groups is 1. The lowest BCUT2D eigenvalue weighted by Crippen LogP contribution is -2.50. The summed E-state index contributed by atoms with van der Waals surface area (Å²) in [7, 11) is 0. The first-order valence-electron chi connectivity index (χ1n) is 13.1. The van der Waals surface area contributed by atoms with Gasteiger partial charge in [-0.15, -0.1) is 0 Å². The summed E-state index contributed by atoms with van der Waals surface area (Å²) in [6.07, 6.45) is 7.45. The van der Waals surface area contributed by atoms with Crippen molar-refractivity contribution >= 4 is 5.78 Å². The summed E-state index contributed by atoms with van der Waals surface area (Å²) in [5, 5.41) is 0. The molecule has 4 saturated carbocycles. The predicted molar refractivity (Wildman–Crippen MR) is 122 cm³/mol. The molecule has 4 fully saturated rings. The third-order valence-electron chi connectivity index (χ3n) is 10.2. The molecule has 0 spiro atoms. The Hall–Kier alpha value is -1.66. The van der Waals surface area contributed by atoms with Crippen molar-refractivity contribution in [2.24, 2.45) is 52.8 Å². The first-order valence-corrected chi connectivity index (χ1v) is 13.1. The molecule has 9 unspecified atom stereocenters. The SMILES string of the molecule is CC1CCC2C(CCC3C2CCC2(C)C(C(=O)COc4cnc(C(F)(F)F)nc4)CC(C)C32)C1. The second-order valence-electron chi connectivity index (χ2n) is 12.1. The van der Waals surface area contributed by atoms with E-state index in [1.54, 1.807) is 0 Å². The number of rotatable bonds is 4. The van der Waals surface area contributed by atoms with Crippen molar-refractivity contribution in [1.82, 2.24) is 9.97 Å². The fourth-order valence-corrected chi connectivity index (χ4v) is 8.92. The van der Waals surface area contributed by atoms with Gasteiger partial charge in [0.05, 0.1) is 12.4 Å². The van der Waals surface area contributed by atoms with Gasteiger partial charge in [0.15, 0.2) is 11.5 Å². The molecule has 0 saturated heterocycles. The van der Waals surface area contributed by atoms with Gasteiger partial charge in [0.25, 0.3) is 0 Å². The molecule has 0 amide bonds. The number of hydrogen-bond acceptors (Lipinski definition) is 4. The first kappa shape index (κ1) is 24.1. The maximum Gasteiger partial charge on any atom is 0.451 e. The van der Waals surface area contributed by atoms with Crippen LogP contribution < -0.4 is 4.74 Å². The number of hydrogen-bond donors (Lipinski definition) is 0. The molecule has 1 aromatic rings. The Labute approximate surface area is 200 Å². The van der Waals surface area contributed by atoms with E-state index in [4.69, 9.17) is 4.74 Å². The summed E-state index contributed by atoms with van der Waals surface area (Å²) in [4.78, 5) is 20.0. The zero-order valence-electron chi connectivity index (χ0n) is 20.5. The van der Waals surface area contributed by atoms with Crippen molar-refractivity contribution in [3.63, 3.8) is 0 Å². The van der Waals surface area contributed by atoms with Crippen molar-refractivity contribution in [3.8, 4) is 5.75 Å². The highest BCUT2D eigenvalue weighted by molar-refractivity contribution is 5.83. The Morgan fingerprint density at radius 2 is 1.74 bits per heavy atom. The molecule has 0 radical (unpaired) electrons. The minimum Gasteiger partial charge on any atom is -0.483 e. The van der Waals surface area contributed by atoms with Gasteiger partial charge < -0.3 is 4.74 Å². The van der Waals surface area contributed by atoms with Crippen LogP contribution in [0.3, 0.4) is 0 Å². The first-order chi connectivity index (χ1) is 16.1. The van der Waals surface area contributed by atoms with Crippen LogP contribution >= 0.6 is 0 Å². The van der Waals surface area contributed by atoms with Gasteiger partial charge in [-0.1, -0.05) is 27.2 Å². The highest BCUT2D eigenvalue weighted by atomic mass is 19.4. The molecule has 4 aliphatic carbocycles. The van der Waals surface area contributed by atoms with Crippen LogP contribution in [0.2, 0.25) is 0 Å². The van der Waals surface area contributed by atoms with Crippen LogP contribution in [0.15, 0.2) is 12.4 Å². The highest BCUT2D eigenvalue weighted by Gasteiger charge is 2.60. The molecule has 1 heterocycles. The monoisotopic (exact) mass is 478 g/mol. The van der Waals surface area contributed by atoms with Crippen molar-refractivity contribution in [2.45, 2.75) is 78.3 Å². The van der Waals surface area contributed by atoms with Gasteiger partial charge in [0.1, 0.15) is 6.61 Å². The number of ether oxygens (including phenoxy) is 1. The largest absolute Gasteiger partial charge is 0.483 e. The smallest absolute Gasteiger partial charge is 0.451 e. The molecule has 5 rings (SSSR count). The molecule has 188 valence electrons. The van der Waals surface area contributed by atoms with Crippen LogP contribution in [-0.2, 0) is 11.0 Å². The molecule has 4 aliphatic rings. The van der Waals surface area contributed by atoms with Gasteiger partial charge in [-0.3, -0.25) is 4.79 Å². The third kappa shape index (κ3) is 4.15. The van der Waals surface area contributed by atoms with E-state index in [0.717, 1.165) is 54.8 Å². The van der Waals surface area contributed by atoms with E-state index in [1.165, 1.54) is 38.5 Å². The Bertz CT molecular complexity index is 904. The highest BCUT2D eigenvalue weighted by Crippen LogP contribution is 2.66. The van der Waals surface area contributed by atoms with Gasteiger partial charge in [0, 0.05) is 5.92 Å². The normalized spacial score (nSPS) is 41.8. The second kappa shape index (κ2) is 8.77. The summed E-state index contributed by atoms with van der Waals surface area (Å²) in [5.41, 5.74) is -0.00748. The van der Waals surface area contributed by atoms with Crippen LogP contribution in [0.25, 0.3) is 0 Å². The molecule has 0 aromatic carbocycles. The molecule has 7 heteroatoms. The van der Waals surface area contributed by atoms with E-state index < -0.39 is 12.0 Å². The van der Waals surface area contributed by atoms with E-state index in [9.17, 15) is 18.0 Å². The minimum absolute atomic E-state index is 0.00748. The quantitative estimate of drug-likeness (QED) is 0.490. The summed E-state index contributed by atoms with van der Waals surface area (Å²) < 4.78 is 43.6. The van der Waals surface area contributed by atoms with E-state index in [-0.39, 0.29) is 29.5 Å². The van der Waals surface area contributed by atoms with Crippen molar-refractivity contribution in [1.29, 1.82) is 0 Å². The zero-order valence-corrected chi connectivity index (χ0v) is 20.5. The molecule has 1 aromatic heterocycles. The van der Waals surface area contributed by atoms with Gasteiger partial charge in [-0.05, 0) is 91.8 Å². The molecule has 34 heavy (non-hydrogen) atoms. The third-order valence-corrected chi connectivity index (χ3v) is 10.2. The fourth-order valence-electron chi connectivity index (χ4n) is 8.92. The van der Waals surface area contributed by atoms with E-state index in [1.807, 2.05) is 0 Å². The Balaban J connectivity index is 1.26. The number of ketones is 1. The van der Waals surface area contributed by atoms with E-state index in [0.29, 0.717) is 11.8 Å². The predicted octanol–water partition coefficient (Wildman–Crippen LogP) is 6.59. The number of halogens is 3. The van der Waals surface area contributed by atoms with Gasteiger partial charge >= 0.3 is 6.18 Å². The summed E-state index contributed by atoms with van der Waals surface area (Å²) in [6, 6.07) is 0. The lowest BCUT2D eigenvalue weighted by Gasteiger charge is -2.56. The van der Waals surface area contributed by atoms with Crippen LogP contribution in [0.1, 0.15) is 78.0 Å². The average molecular weight is 479 g/mol. The lowest BCUT2D eigenvalue weighted by atomic mass is 9.48. The van der Waals surface area contributed by atoms with Gasteiger partial charge in [-0.2, -0.15) is 13.2 Å². The molecular formula is C27H37F3N2O2.